The summed E-state index contributed by atoms with van der Waals surface area (Å²) in [5, 5.41) is 10.8. The Kier molecular flexibility index (Phi) is 8.20. The van der Waals surface area contributed by atoms with Crippen LogP contribution in [-0.4, -0.2) is 47.8 Å². The van der Waals surface area contributed by atoms with Gasteiger partial charge in [-0.05, 0) is 57.2 Å². The number of nitrogens with zero attached hydrogens (tertiary/aromatic N) is 3. The van der Waals surface area contributed by atoms with E-state index in [1.54, 1.807) is 37.1 Å². The molecule has 1 aliphatic heterocycles. The molecule has 200 valence electrons. The number of fused-ring (bicyclic) bond motifs is 1. The van der Waals surface area contributed by atoms with E-state index in [2.05, 4.69) is 4.99 Å². The molecule has 0 aliphatic carbocycles. The molecule has 8 nitrogen and oxygen atoms in total. The topological polar surface area (TPSA) is 93.4 Å². The van der Waals surface area contributed by atoms with Gasteiger partial charge in [-0.1, -0.05) is 34.5 Å². The number of likely N-dealkylation sites (N-methyl/N-ethyl adjacent to an activating group) is 1. The molecule has 2 aromatic carbocycles. The number of ether oxygens (including phenoxy) is 2. The largest absolute Gasteiger partial charge is 0.506 e. The number of halogens is 2. The van der Waals surface area contributed by atoms with Gasteiger partial charge in [0, 0.05) is 29.2 Å². The molecule has 1 unspecified atom stereocenters. The van der Waals surface area contributed by atoms with E-state index in [4.69, 9.17) is 32.7 Å². The molecule has 2 heterocycles. The Morgan fingerprint density at radius 1 is 1.18 bits per heavy atom. The van der Waals surface area contributed by atoms with Crippen LogP contribution in [-0.2, 0) is 4.79 Å². The predicted octanol–water partition coefficient (Wildman–Crippen LogP) is 4.13. The lowest BCUT2D eigenvalue weighted by atomic mass is 9.93. The number of hydrogen-bond acceptors (Lipinski definition) is 7. The van der Waals surface area contributed by atoms with Gasteiger partial charge in [0.1, 0.15) is 23.3 Å². The van der Waals surface area contributed by atoms with Crippen molar-refractivity contribution in [3.63, 3.8) is 0 Å². The van der Waals surface area contributed by atoms with Gasteiger partial charge in [0.25, 0.3) is 11.5 Å². The molecule has 3 aromatic rings. The van der Waals surface area contributed by atoms with Crippen molar-refractivity contribution in [2.75, 3.05) is 27.3 Å². The summed E-state index contributed by atoms with van der Waals surface area (Å²) < 4.78 is 12.9. The first-order chi connectivity index (χ1) is 18.1. The van der Waals surface area contributed by atoms with Crippen LogP contribution in [0.5, 0.6) is 17.2 Å². The summed E-state index contributed by atoms with van der Waals surface area (Å²) in [5.74, 6) is 0.621. The Hall–Kier alpha value is -3.27. The van der Waals surface area contributed by atoms with Crippen molar-refractivity contribution in [1.29, 1.82) is 0 Å². The molecule has 0 radical (unpaired) electrons. The average Bonchev–Trinajstić information content (AvgIpc) is 3.20. The van der Waals surface area contributed by atoms with Gasteiger partial charge in [-0.25, -0.2) is 4.99 Å². The highest BCUT2D eigenvalue weighted by molar-refractivity contribution is 7.07. The van der Waals surface area contributed by atoms with E-state index in [9.17, 15) is 14.7 Å². The van der Waals surface area contributed by atoms with E-state index in [1.165, 1.54) is 29.9 Å². The lowest BCUT2D eigenvalue weighted by molar-refractivity contribution is -0.127. The van der Waals surface area contributed by atoms with Crippen molar-refractivity contribution in [2.24, 2.45) is 4.99 Å². The van der Waals surface area contributed by atoms with Gasteiger partial charge >= 0.3 is 0 Å². The lowest BCUT2D eigenvalue weighted by Gasteiger charge is -2.30. The van der Waals surface area contributed by atoms with E-state index >= 15 is 0 Å². The van der Waals surface area contributed by atoms with E-state index in [-0.39, 0.29) is 21.2 Å². The maximum absolute atomic E-state index is 13.9. The first-order valence-electron chi connectivity index (χ1n) is 11.9. The van der Waals surface area contributed by atoms with Crippen molar-refractivity contribution in [2.45, 2.75) is 26.8 Å². The molecule has 1 N–H and O–H groups in total. The minimum absolute atomic E-state index is 0.0680. The molecule has 4 rings (SSSR count). The van der Waals surface area contributed by atoms with E-state index in [0.29, 0.717) is 56.8 Å². The van der Waals surface area contributed by atoms with Crippen molar-refractivity contribution in [3.05, 3.63) is 82.5 Å². The molecule has 1 amide bonds. The predicted molar refractivity (Wildman–Crippen MR) is 149 cm³/mol. The first kappa shape index (κ1) is 27.8. The zero-order valence-corrected chi connectivity index (χ0v) is 23.9. The number of phenols is 1. The Morgan fingerprint density at radius 2 is 1.89 bits per heavy atom. The molecule has 1 aromatic heterocycles. The number of carbonyl (C=O) groups excluding carboxylic acids is 1. The highest BCUT2D eigenvalue weighted by atomic mass is 35.5. The summed E-state index contributed by atoms with van der Waals surface area (Å²) in [5.41, 5.74) is 1.35. The zero-order valence-electron chi connectivity index (χ0n) is 21.5. The van der Waals surface area contributed by atoms with Crippen LogP contribution in [0, 0.1) is 0 Å². The monoisotopic (exact) mass is 575 g/mol. The van der Waals surface area contributed by atoms with Gasteiger partial charge in [0.15, 0.2) is 4.80 Å². The third-order valence-electron chi connectivity index (χ3n) is 6.38. The van der Waals surface area contributed by atoms with Crippen molar-refractivity contribution in [3.8, 4) is 17.2 Å². The second-order valence-electron chi connectivity index (χ2n) is 8.49. The number of phenolic OH excluding ortho intramolecular Hbond substituents is 1. The fourth-order valence-electron chi connectivity index (χ4n) is 4.46. The number of amides is 1. The number of rotatable bonds is 7. The molecule has 0 bridgehead atoms. The summed E-state index contributed by atoms with van der Waals surface area (Å²) >= 11 is 13.4. The summed E-state index contributed by atoms with van der Waals surface area (Å²) in [7, 11) is 3.08. The van der Waals surface area contributed by atoms with Gasteiger partial charge in [0.2, 0.25) is 0 Å². The third-order valence-corrected chi connectivity index (χ3v) is 7.87. The summed E-state index contributed by atoms with van der Waals surface area (Å²) in [4.78, 5) is 34.5. The zero-order chi connectivity index (χ0) is 27.7. The molecule has 0 fully saturated rings. The fraction of sp³-hybridized carbons (Fsp3) is 0.296. The summed E-state index contributed by atoms with van der Waals surface area (Å²) in [6, 6.07) is 7.36. The number of aromatic hydroxyl groups is 1. The quantitative estimate of drug-likeness (QED) is 0.457. The molecule has 0 saturated heterocycles. The number of thiazole rings is 1. The standard InChI is InChI=1S/C27H27Cl2N3O5S/c1-6-31(7-2)26(35)22-14(3)30-27-32(23(22)18-13-17(36-4)8-9-20(18)37-5)25(34)21(38-27)11-15-10-16(28)12-19(29)24(15)33/h8-13,23,33H,6-7H2,1-5H3/b21-11-. The first-order valence-corrected chi connectivity index (χ1v) is 13.4. The molecular weight excluding hydrogens is 549 g/mol. The van der Waals surface area contributed by atoms with Crippen molar-refractivity contribution >= 4 is 46.5 Å². The second-order valence-corrected chi connectivity index (χ2v) is 10.3. The Balaban J connectivity index is 2.05. The molecule has 0 spiro atoms. The van der Waals surface area contributed by atoms with Gasteiger partial charge in [-0.3, -0.25) is 14.2 Å². The van der Waals surface area contributed by atoms with Gasteiger partial charge in [-0.15, -0.1) is 0 Å². The fourth-order valence-corrected chi connectivity index (χ4v) is 6.01. The van der Waals surface area contributed by atoms with E-state index in [1.807, 2.05) is 13.8 Å². The van der Waals surface area contributed by atoms with Gasteiger partial charge in [0.05, 0.1) is 35.0 Å². The number of carbonyl (C=O) groups is 1. The van der Waals surface area contributed by atoms with Crippen LogP contribution in [0.2, 0.25) is 10.0 Å². The van der Waals surface area contributed by atoms with Crippen LogP contribution >= 0.6 is 34.5 Å². The van der Waals surface area contributed by atoms with E-state index in [0.717, 1.165) is 11.3 Å². The highest BCUT2D eigenvalue weighted by Gasteiger charge is 2.36. The number of allylic oxidation sites excluding steroid dienone is 1. The van der Waals surface area contributed by atoms with Crippen LogP contribution < -0.4 is 24.4 Å². The Morgan fingerprint density at radius 3 is 2.53 bits per heavy atom. The summed E-state index contributed by atoms with van der Waals surface area (Å²) in [6.07, 6.45) is 1.52. The van der Waals surface area contributed by atoms with E-state index < -0.39 is 11.6 Å². The average molecular weight is 577 g/mol. The third kappa shape index (κ3) is 4.93. The smallest absolute Gasteiger partial charge is 0.271 e. The normalized spacial score (nSPS) is 15.2. The lowest BCUT2D eigenvalue weighted by Crippen LogP contribution is -2.43. The van der Waals surface area contributed by atoms with Gasteiger partial charge in [-0.2, -0.15) is 0 Å². The Bertz CT molecular complexity index is 1620. The minimum Gasteiger partial charge on any atom is -0.506 e. The molecule has 0 saturated carbocycles. The van der Waals surface area contributed by atoms with Crippen molar-refractivity contribution < 1.29 is 19.4 Å². The Labute approximate surface area is 233 Å². The van der Waals surface area contributed by atoms with Gasteiger partial charge < -0.3 is 19.5 Å². The van der Waals surface area contributed by atoms with Crippen LogP contribution in [0.25, 0.3) is 6.08 Å². The second kappa shape index (κ2) is 11.2. The summed E-state index contributed by atoms with van der Waals surface area (Å²) in [6.45, 7) is 6.54. The number of aromatic nitrogens is 1. The maximum atomic E-state index is 13.9. The van der Waals surface area contributed by atoms with Crippen LogP contribution in [0.15, 0.2) is 51.4 Å². The molecule has 1 atom stereocenters. The van der Waals surface area contributed by atoms with Crippen LogP contribution in [0.4, 0.5) is 0 Å². The van der Waals surface area contributed by atoms with Crippen LogP contribution in [0.3, 0.4) is 0 Å². The molecule has 11 heteroatoms. The number of methoxy groups -OCH3 is 2. The maximum Gasteiger partial charge on any atom is 0.271 e. The molecule has 1 aliphatic rings. The van der Waals surface area contributed by atoms with Crippen LogP contribution in [0.1, 0.15) is 37.9 Å². The molecule has 38 heavy (non-hydrogen) atoms. The minimum atomic E-state index is -0.830. The number of benzene rings is 2. The molecular formula is C27H27Cl2N3O5S. The number of hydrogen-bond donors (Lipinski definition) is 1. The SMILES string of the molecule is CCN(CC)C(=O)C1=C(C)N=c2s/c(=C\c3cc(Cl)cc(Cl)c3O)c(=O)n2C1c1cc(OC)ccc1OC. The van der Waals surface area contributed by atoms with Crippen molar-refractivity contribution in [1.82, 2.24) is 9.47 Å². The highest BCUT2D eigenvalue weighted by Crippen LogP contribution is 2.38.